The summed E-state index contributed by atoms with van der Waals surface area (Å²) in [5.41, 5.74) is 3.46. The van der Waals surface area contributed by atoms with Crippen molar-refractivity contribution in [3.05, 3.63) is 77.8 Å². The van der Waals surface area contributed by atoms with Crippen molar-refractivity contribution in [2.45, 2.75) is 6.54 Å². The Morgan fingerprint density at radius 1 is 1.14 bits per heavy atom. The molecule has 144 valence electrons. The first-order chi connectivity index (χ1) is 14.3. The second kappa shape index (κ2) is 8.30. The lowest BCUT2D eigenvalue weighted by molar-refractivity contribution is 0.0948. The normalized spacial score (nSPS) is 11.1. The SMILES string of the molecule is COc1c(C(=O)NCc2cccnc2)ccc2n[nH]c(/C=C/c3cnccn3)c12. The minimum absolute atomic E-state index is 0.238. The molecule has 2 N–H and O–H groups in total. The minimum Gasteiger partial charge on any atom is -0.495 e. The van der Waals surface area contributed by atoms with Gasteiger partial charge in [0.1, 0.15) is 5.75 Å². The zero-order valence-electron chi connectivity index (χ0n) is 15.7. The summed E-state index contributed by atoms with van der Waals surface area (Å²) in [7, 11) is 1.54. The number of aromatic nitrogens is 5. The number of methoxy groups -OCH3 is 1. The average molecular weight is 386 g/mol. The van der Waals surface area contributed by atoms with Crippen molar-refractivity contribution in [1.29, 1.82) is 0 Å². The predicted octanol–water partition coefficient (Wildman–Crippen LogP) is 2.86. The van der Waals surface area contributed by atoms with Crippen LogP contribution in [0.25, 0.3) is 23.1 Å². The number of amides is 1. The van der Waals surface area contributed by atoms with Gasteiger partial charge in [-0.2, -0.15) is 5.10 Å². The average Bonchev–Trinajstić information content (AvgIpc) is 3.20. The lowest BCUT2D eigenvalue weighted by Gasteiger charge is -2.10. The Labute approximate surface area is 166 Å². The van der Waals surface area contributed by atoms with Crippen molar-refractivity contribution in [3.63, 3.8) is 0 Å². The van der Waals surface area contributed by atoms with Crippen LogP contribution in [-0.2, 0) is 6.54 Å². The van der Waals surface area contributed by atoms with E-state index in [0.717, 1.165) is 10.9 Å². The molecule has 0 aliphatic carbocycles. The van der Waals surface area contributed by atoms with Gasteiger partial charge in [-0.05, 0) is 35.9 Å². The molecular formula is C21H18N6O2. The molecule has 0 saturated heterocycles. The quantitative estimate of drug-likeness (QED) is 0.528. The second-order valence-corrected chi connectivity index (χ2v) is 6.19. The third-order valence-corrected chi connectivity index (χ3v) is 4.33. The van der Waals surface area contributed by atoms with Gasteiger partial charge >= 0.3 is 0 Å². The van der Waals surface area contributed by atoms with Crippen molar-refractivity contribution in [2.75, 3.05) is 7.11 Å². The second-order valence-electron chi connectivity index (χ2n) is 6.19. The number of H-pyrrole nitrogens is 1. The highest BCUT2D eigenvalue weighted by atomic mass is 16.5. The maximum Gasteiger partial charge on any atom is 0.255 e. The fraction of sp³-hybridized carbons (Fsp3) is 0.0952. The Morgan fingerprint density at radius 3 is 2.79 bits per heavy atom. The molecule has 1 aromatic carbocycles. The summed E-state index contributed by atoms with van der Waals surface area (Å²) in [6, 6.07) is 7.22. The van der Waals surface area contributed by atoms with Crippen LogP contribution in [0.15, 0.2) is 55.2 Å². The van der Waals surface area contributed by atoms with Crippen LogP contribution in [0.2, 0.25) is 0 Å². The number of benzene rings is 1. The summed E-state index contributed by atoms with van der Waals surface area (Å²) >= 11 is 0. The Hall–Kier alpha value is -4.07. The van der Waals surface area contributed by atoms with Crippen molar-refractivity contribution < 1.29 is 9.53 Å². The topological polar surface area (TPSA) is 106 Å². The number of nitrogens with one attached hydrogen (secondary N) is 2. The fourth-order valence-corrected chi connectivity index (χ4v) is 2.96. The number of nitrogens with zero attached hydrogens (tertiary/aromatic N) is 4. The molecule has 0 atom stereocenters. The van der Waals surface area contributed by atoms with Crippen LogP contribution < -0.4 is 10.1 Å². The number of hydrogen-bond donors (Lipinski definition) is 2. The monoisotopic (exact) mass is 386 g/mol. The highest BCUT2D eigenvalue weighted by molar-refractivity contribution is 6.05. The summed E-state index contributed by atoms with van der Waals surface area (Å²) < 4.78 is 5.59. The molecule has 4 aromatic rings. The molecule has 3 heterocycles. The van der Waals surface area contributed by atoms with E-state index in [-0.39, 0.29) is 5.91 Å². The molecule has 8 nitrogen and oxygen atoms in total. The molecule has 0 fully saturated rings. The molecule has 29 heavy (non-hydrogen) atoms. The zero-order valence-corrected chi connectivity index (χ0v) is 15.7. The third-order valence-electron chi connectivity index (χ3n) is 4.33. The number of rotatable bonds is 6. The largest absolute Gasteiger partial charge is 0.495 e. The maximum atomic E-state index is 12.8. The Balaban J connectivity index is 1.65. The lowest BCUT2D eigenvalue weighted by Crippen LogP contribution is -2.23. The van der Waals surface area contributed by atoms with Gasteiger partial charge in [0.15, 0.2) is 0 Å². The molecule has 0 radical (unpaired) electrons. The fourth-order valence-electron chi connectivity index (χ4n) is 2.96. The standard InChI is InChI=1S/C21H18N6O2/c1-29-20-16(21(28)25-12-14-3-2-8-22-11-14)5-7-18-19(20)17(26-27-18)6-4-15-13-23-9-10-24-15/h2-11,13H,12H2,1H3,(H,25,28)(H,26,27)/b6-4+. The molecular weight excluding hydrogens is 368 g/mol. The number of ether oxygens (including phenoxy) is 1. The molecule has 0 aliphatic heterocycles. The van der Waals surface area contributed by atoms with Gasteiger partial charge in [-0.15, -0.1) is 0 Å². The van der Waals surface area contributed by atoms with Crippen molar-refractivity contribution in [2.24, 2.45) is 0 Å². The zero-order chi connectivity index (χ0) is 20.1. The van der Waals surface area contributed by atoms with Crippen LogP contribution in [0.4, 0.5) is 0 Å². The first kappa shape index (κ1) is 18.3. The smallest absolute Gasteiger partial charge is 0.255 e. The molecule has 8 heteroatoms. The number of carbonyl (C=O) groups is 1. The lowest BCUT2D eigenvalue weighted by atomic mass is 10.1. The first-order valence-corrected chi connectivity index (χ1v) is 8.92. The molecule has 4 rings (SSSR count). The van der Waals surface area contributed by atoms with E-state index in [4.69, 9.17) is 4.74 Å². The first-order valence-electron chi connectivity index (χ1n) is 8.92. The minimum atomic E-state index is -0.238. The molecule has 0 aliphatic rings. The van der Waals surface area contributed by atoms with Gasteiger partial charge in [-0.3, -0.25) is 24.8 Å². The van der Waals surface area contributed by atoms with Crippen LogP contribution in [0.3, 0.4) is 0 Å². The van der Waals surface area contributed by atoms with E-state index in [1.54, 1.807) is 43.1 Å². The van der Waals surface area contributed by atoms with E-state index >= 15 is 0 Å². The van der Waals surface area contributed by atoms with E-state index in [9.17, 15) is 4.79 Å². The van der Waals surface area contributed by atoms with Crippen molar-refractivity contribution in [1.82, 2.24) is 30.5 Å². The molecule has 0 spiro atoms. The highest BCUT2D eigenvalue weighted by Gasteiger charge is 2.18. The third kappa shape index (κ3) is 3.96. The number of carbonyl (C=O) groups excluding carboxylic acids is 1. The van der Waals surface area contributed by atoms with Gasteiger partial charge < -0.3 is 10.1 Å². The summed E-state index contributed by atoms with van der Waals surface area (Å²) in [5, 5.41) is 10.9. The van der Waals surface area contributed by atoms with Gasteiger partial charge in [-0.25, -0.2) is 0 Å². The molecule has 0 unspecified atom stereocenters. The molecule has 1 amide bonds. The summed E-state index contributed by atoms with van der Waals surface area (Å²) in [5.74, 6) is 0.219. The van der Waals surface area contributed by atoms with E-state index in [0.29, 0.717) is 34.8 Å². The number of aromatic amines is 1. The molecule has 3 aromatic heterocycles. The van der Waals surface area contributed by atoms with Crippen LogP contribution in [-0.4, -0.2) is 38.2 Å². The van der Waals surface area contributed by atoms with E-state index in [1.807, 2.05) is 24.3 Å². The van der Waals surface area contributed by atoms with E-state index < -0.39 is 0 Å². The predicted molar refractivity (Wildman–Crippen MR) is 109 cm³/mol. The van der Waals surface area contributed by atoms with E-state index in [2.05, 4.69) is 30.5 Å². The molecule has 0 saturated carbocycles. The summed E-state index contributed by atoms with van der Waals surface area (Å²) in [4.78, 5) is 25.1. The number of pyridine rings is 1. The van der Waals surface area contributed by atoms with Gasteiger partial charge in [0.2, 0.25) is 0 Å². The molecule has 0 bridgehead atoms. The van der Waals surface area contributed by atoms with Crippen LogP contribution in [0.5, 0.6) is 5.75 Å². The van der Waals surface area contributed by atoms with Crippen molar-refractivity contribution >= 4 is 29.0 Å². The summed E-state index contributed by atoms with van der Waals surface area (Å²) in [6.07, 6.45) is 11.9. The van der Waals surface area contributed by atoms with Crippen LogP contribution in [0, 0.1) is 0 Å². The van der Waals surface area contributed by atoms with Crippen molar-refractivity contribution in [3.8, 4) is 5.75 Å². The maximum absolute atomic E-state index is 12.8. The summed E-state index contributed by atoms with van der Waals surface area (Å²) in [6.45, 7) is 0.374. The Kier molecular flexibility index (Phi) is 5.24. The van der Waals surface area contributed by atoms with Gasteiger partial charge in [0.05, 0.1) is 41.2 Å². The van der Waals surface area contributed by atoms with E-state index in [1.165, 1.54) is 7.11 Å². The van der Waals surface area contributed by atoms with Crippen LogP contribution in [0.1, 0.15) is 27.3 Å². The van der Waals surface area contributed by atoms with Gasteiger partial charge in [0.25, 0.3) is 5.91 Å². The Bertz CT molecular complexity index is 1160. The number of hydrogen-bond acceptors (Lipinski definition) is 6. The Morgan fingerprint density at radius 2 is 2.03 bits per heavy atom. The van der Waals surface area contributed by atoms with Gasteiger partial charge in [-0.1, -0.05) is 6.07 Å². The van der Waals surface area contributed by atoms with Crippen LogP contribution >= 0.6 is 0 Å². The highest BCUT2D eigenvalue weighted by Crippen LogP contribution is 2.32. The van der Waals surface area contributed by atoms with Gasteiger partial charge in [0, 0.05) is 31.3 Å². The number of fused-ring (bicyclic) bond motifs is 1.